The van der Waals surface area contributed by atoms with Crippen LogP contribution in [0.2, 0.25) is 5.02 Å². The van der Waals surface area contributed by atoms with Crippen LogP contribution in [0, 0.1) is 6.92 Å². The number of nitrogens with zero attached hydrogens (tertiary/aromatic N) is 5. The number of aromatic nitrogens is 2. The molecule has 1 aromatic heterocycles. The highest BCUT2D eigenvalue weighted by atomic mass is 35.5. The molecule has 2 aliphatic heterocycles. The highest BCUT2D eigenvalue weighted by molar-refractivity contribution is 6.31. The Hall–Kier alpha value is -1.89. The van der Waals surface area contributed by atoms with Gasteiger partial charge in [-0.3, -0.25) is 4.90 Å². The number of halogens is 1. The number of hydrogen-bond donors (Lipinski definition) is 0. The van der Waals surface area contributed by atoms with Crippen molar-refractivity contribution in [2.45, 2.75) is 13.5 Å². The van der Waals surface area contributed by atoms with Crippen LogP contribution in [0.1, 0.15) is 11.4 Å². The zero-order chi connectivity index (χ0) is 18.6. The van der Waals surface area contributed by atoms with Crippen LogP contribution in [-0.2, 0) is 11.3 Å². The summed E-state index contributed by atoms with van der Waals surface area (Å²) in [4.78, 5) is 16.4. The van der Waals surface area contributed by atoms with E-state index in [1.165, 1.54) is 5.56 Å². The molecule has 144 valence electrons. The summed E-state index contributed by atoms with van der Waals surface area (Å²) in [5, 5.41) is 0.849. The average molecular weight is 388 g/mol. The van der Waals surface area contributed by atoms with E-state index in [0.717, 1.165) is 81.5 Å². The van der Waals surface area contributed by atoms with Crippen LogP contribution < -0.4 is 9.80 Å². The number of morpholine rings is 1. The quantitative estimate of drug-likeness (QED) is 0.803. The second kappa shape index (κ2) is 8.42. The van der Waals surface area contributed by atoms with E-state index in [9.17, 15) is 0 Å². The Morgan fingerprint density at radius 1 is 0.926 bits per heavy atom. The minimum absolute atomic E-state index is 0.763. The first-order chi connectivity index (χ1) is 13.2. The van der Waals surface area contributed by atoms with E-state index in [-0.39, 0.29) is 0 Å². The molecular weight excluding hydrogens is 362 g/mol. The molecule has 2 fully saturated rings. The molecule has 0 unspecified atom stereocenters. The predicted octanol–water partition coefficient (Wildman–Crippen LogP) is 2.60. The third-order valence-electron chi connectivity index (χ3n) is 5.19. The van der Waals surface area contributed by atoms with Gasteiger partial charge in [-0.25, -0.2) is 9.97 Å². The first kappa shape index (κ1) is 18.5. The van der Waals surface area contributed by atoms with Crippen molar-refractivity contribution in [1.82, 2.24) is 14.9 Å². The Labute approximate surface area is 165 Å². The molecule has 2 aliphatic rings. The number of piperazine rings is 1. The summed E-state index contributed by atoms with van der Waals surface area (Å²) in [6, 6.07) is 10.2. The molecule has 0 atom stereocenters. The molecule has 1 aromatic carbocycles. The molecule has 7 heteroatoms. The van der Waals surface area contributed by atoms with Crippen LogP contribution in [0.3, 0.4) is 0 Å². The van der Waals surface area contributed by atoms with Gasteiger partial charge in [-0.1, -0.05) is 29.8 Å². The fourth-order valence-electron chi connectivity index (χ4n) is 3.66. The summed E-state index contributed by atoms with van der Waals surface area (Å²) >= 11 is 6.31. The van der Waals surface area contributed by atoms with Crippen LogP contribution in [0.5, 0.6) is 0 Å². The van der Waals surface area contributed by atoms with E-state index >= 15 is 0 Å². The molecule has 2 saturated heterocycles. The second-order valence-corrected chi connectivity index (χ2v) is 7.49. The van der Waals surface area contributed by atoms with E-state index < -0.39 is 0 Å². The first-order valence-corrected chi connectivity index (χ1v) is 9.96. The lowest BCUT2D eigenvalue weighted by Crippen LogP contribution is -2.46. The zero-order valence-electron chi connectivity index (χ0n) is 15.8. The molecular formula is C20H26ClN5O. The Morgan fingerprint density at radius 3 is 2.22 bits per heavy atom. The van der Waals surface area contributed by atoms with Gasteiger partial charge in [0.05, 0.1) is 13.2 Å². The molecule has 0 amide bonds. The monoisotopic (exact) mass is 387 g/mol. The van der Waals surface area contributed by atoms with Crippen molar-refractivity contribution in [1.29, 1.82) is 0 Å². The largest absolute Gasteiger partial charge is 0.378 e. The molecule has 0 spiro atoms. The van der Waals surface area contributed by atoms with Crippen molar-refractivity contribution in [3.05, 3.63) is 46.7 Å². The van der Waals surface area contributed by atoms with Gasteiger partial charge in [-0.05, 0) is 18.6 Å². The molecule has 0 radical (unpaired) electrons. The number of benzene rings is 1. The smallest absolute Gasteiger partial charge is 0.134 e. The maximum absolute atomic E-state index is 6.31. The molecule has 6 nitrogen and oxygen atoms in total. The van der Waals surface area contributed by atoms with Crippen molar-refractivity contribution in [2.75, 3.05) is 62.3 Å². The summed E-state index contributed by atoms with van der Waals surface area (Å²) in [6.45, 7) is 10.1. The van der Waals surface area contributed by atoms with Crippen LogP contribution in [0.4, 0.5) is 11.6 Å². The van der Waals surface area contributed by atoms with E-state index in [4.69, 9.17) is 21.3 Å². The fourth-order valence-corrected chi connectivity index (χ4v) is 3.85. The van der Waals surface area contributed by atoms with Gasteiger partial charge in [0, 0.05) is 56.9 Å². The third kappa shape index (κ3) is 4.51. The lowest BCUT2D eigenvalue weighted by atomic mass is 10.2. The summed E-state index contributed by atoms with van der Waals surface area (Å²) in [5.74, 6) is 2.87. The van der Waals surface area contributed by atoms with Crippen LogP contribution in [0.25, 0.3) is 0 Å². The molecule has 0 N–H and O–H groups in total. The number of ether oxygens (including phenoxy) is 1. The average Bonchev–Trinajstić information content (AvgIpc) is 2.70. The SMILES string of the molecule is Cc1nc(N2CCOCC2)cc(N2CCN(Cc3ccccc3Cl)CC2)n1. The minimum Gasteiger partial charge on any atom is -0.378 e. The van der Waals surface area contributed by atoms with E-state index in [1.807, 2.05) is 25.1 Å². The van der Waals surface area contributed by atoms with Crippen LogP contribution >= 0.6 is 11.6 Å². The van der Waals surface area contributed by atoms with E-state index in [2.05, 4.69) is 31.8 Å². The molecule has 4 rings (SSSR count). The van der Waals surface area contributed by atoms with Crippen molar-refractivity contribution >= 4 is 23.2 Å². The standard InChI is InChI=1S/C20H26ClN5O/c1-16-22-19(14-20(23-16)26-10-12-27-13-11-26)25-8-6-24(7-9-25)15-17-4-2-3-5-18(17)21/h2-5,14H,6-13,15H2,1H3. The van der Waals surface area contributed by atoms with Gasteiger partial charge in [0.2, 0.25) is 0 Å². The Bertz CT molecular complexity index is 773. The van der Waals surface area contributed by atoms with Crippen molar-refractivity contribution in [3.8, 4) is 0 Å². The summed E-state index contributed by atoms with van der Waals surface area (Å²) in [7, 11) is 0. The van der Waals surface area contributed by atoms with E-state index in [0.29, 0.717) is 0 Å². The van der Waals surface area contributed by atoms with Gasteiger partial charge in [0.1, 0.15) is 17.5 Å². The second-order valence-electron chi connectivity index (χ2n) is 7.09. The number of anilines is 2. The normalized spacial score (nSPS) is 18.7. The molecule has 27 heavy (non-hydrogen) atoms. The fraction of sp³-hybridized carbons (Fsp3) is 0.500. The van der Waals surface area contributed by atoms with Gasteiger partial charge >= 0.3 is 0 Å². The van der Waals surface area contributed by atoms with Gasteiger partial charge < -0.3 is 14.5 Å². The first-order valence-electron chi connectivity index (χ1n) is 9.58. The summed E-state index contributed by atoms with van der Waals surface area (Å²) in [6.07, 6.45) is 0. The van der Waals surface area contributed by atoms with Crippen molar-refractivity contribution in [3.63, 3.8) is 0 Å². The Morgan fingerprint density at radius 2 is 1.56 bits per heavy atom. The molecule has 3 heterocycles. The Kier molecular flexibility index (Phi) is 5.76. The van der Waals surface area contributed by atoms with Gasteiger partial charge in [0.25, 0.3) is 0 Å². The number of rotatable bonds is 4. The van der Waals surface area contributed by atoms with E-state index in [1.54, 1.807) is 0 Å². The highest BCUT2D eigenvalue weighted by Gasteiger charge is 2.21. The zero-order valence-corrected chi connectivity index (χ0v) is 16.5. The van der Waals surface area contributed by atoms with Gasteiger partial charge in [0.15, 0.2) is 0 Å². The summed E-state index contributed by atoms with van der Waals surface area (Å²) in [5.41, 5.74) is 1.19. The van der Waals surface area contributed by atoms with Gasteiger partial charge in [-0.15, -0.1) is 0 Å². The Balaban J connectivity index is 1.40. The molecule has 0 saturated carbocycles. The minimum atomic E-state index is 0.763. The maximum Gasteiger partial charge on any atom is 0.134 e. The molecule has 0 bridgehead atoms. The van der Waals surface area contributed by atoms with Crippen molar-refractivity contribution < 1.29 is 4.74 Å². The van der Waals surface area contributed by atoms with Crippen LogP contribution in [-0.4, -0.2) is 67.4 Å². The third-order valence-corrected chi connectivity index (χ3v) is 5.56. The van der Waals surface area contributed by atoms with Gasteiger partial charge in [-0.2, -0.15) is 0 Å². The topological polar surface area (TPSA) is 44.7 Å². The lowest BCUT2D eigenvalue weighted by Gasteiger charge is -2.36. The number of aryl methyl sites for hydroxylation is 1. The molecule has 0 aliphatic carbocycles. The lowest BCUT2D eigenvalue weighted by molar-refractivity contribution is 0.122. The van der Waals surface area contributed by atoms with Crippen LogP contribution in [0.15, 0.2) is 30.3 Å². The number of hydrogen-bond acceptors (Lipinski definition) is 6. The predicted molar refractivity (Wildman–Crippen MR) is 109 cm³/mol. The maximum atomic E-state index is 6.31. The molecule has 2 aromatic rings. The highest BCUT2D eigenvalue weighted by Crippen LogP contribution is 2.23. The summed E-state index contributed by atoms with van der Waals surface area (Å²) < 4.78 is 5.46. The van der Waals surface area contributed by atoms with Crippen molar-refractivity contribution in [2.24, 2.45) is 0 Å².